The van der Waals surface area contributed by atoms with Gasteiger partial charge in [0.05, 0.1) is 5.71 Å². The third kappa shape index (κ3) is 5.85. The molecule has 0 aliphatic carbocycles. The van der Waals surface area contributed by atoms with Crippen molar-refractivity contribution in [2.24, 2.45) is 11.1 Å². The van der Waals surface area contributed by atoms with E-state index in [1.54, 1.807) is 6.92 Å². The third-order valence-electron chi connectivity index (χ3n) is 3.08. The van der Waals surface area contributed by atoms with Crippen LogP contribution in [0, 0.1) is 12.8 Å². The molecule has 5 nitrogen and oxygen atoms in total. The van der Waals surface area contributed by atoms with Gasteiger partial charge in [-0.1, -0.05) is 25.1 Å². The van der Waals surface area contributed by atoms with Crippen molar-refractivity contribution in [1.29, 1.82) is 0 Å². The SMILES string of the molecule is CC(=NO)c1ccc(C)cc1OCC(=O)NCCC(C)C. The van der Waals surface area contributed by atoms with Gasteiger partial charge in [-0.25, -0.2) is 0 Å². The summed E-state index contributed by atoms with van der Waals surface area (Å²) in [5, 5.41) is 14.9. The van der Waals surface area contributed by atoms with Crippen molar-refractivity contribution in [1.82, 2.24) is 5.32 Å². The summed E-state index contributed by atoms with van der Waals surface area (Å²) < 4.78 is 5.56. The van der Waals surface area contributed by atoms with Crippen LogP contribution in [0.25, 0.3) is 0 Å². The van der Waals surface area contributed by atoms with Gasteiger partial charge < -0.3 is 15.3 Å². The standard InChI is InChI=1S/C16H24N2O3/c1-11(2)7-8-17-16(19)10-21-15-9-12(3)5-6-14(15)13(4)18-20/h5-6,9,11,20H,7-8,10H2,1-4H3,(H,17,19). The van der Waals surface area contributed by atoms with E-state index in [9.17, 15) is 4.79 Å². The topological polar surface area (TPSA) is 70.9 Å². The smallest absolute Gasteiger partial charge is 0.257 e. The molecule has 0 saturated heterocycles. The van der Waals surface area contributed by atoms with Crippen molar-refractivity contribution < 1.29 is 14.7 Å². The van der Waals surface area contributed by atoms with Crippen LogP contribution < -0.4 is 10.1 Å². The van der Waals surface area contributed by atoms with E-state index in [2.05, 4.69) is 24.3 Å². The number of hydrogen-bond donors (Lipinski definition) is 2. The first-order valence-corrected chi connectivity index (χ1v) is 7.13. The fourth-order valence-electron chi connectivity index (χ4n) is 1.80. The van der Waals surface area contributed by atoms with Gasteiger partial charge in [-0.05, 0) is 43.9 Å². The molecule has 0 aliphatic heterocycles. The fourth-order valence-corrected chi connectivity index (χ4v) is 1.80. The van der Waals surface area contributed by atoms with Crippen LogP contribution in [0.4, 0.5) is 0 Å². The number of nitrogens with zero attached hydrogens (tertiary/aromatic N) is 1. The summed E-state index contributed by atoms with van der Waals surface area (Å²) in [6.45, 7) is 8.44. The lowest BCUT2D eigenvalue weighted by Crippen LogP contribution is -2.30. The number of rotatable bonds is 7. The zero-order valence-corrected chi connectivity index (χ0v) is 13.1. The first-order valence-electron chi connectivity index (χ1n) is 7.13. The number of hydrogen-bond acceptors (Lipinski definition) is 4. The monoisotopic (exact) mass is 292 g/mol. The first-order chi connectivity index (χ1) is 9.93. The molecule has 0 unspecified atom stereocenters. The lowest BCUT2D eigenvalue weighted by molar-refractivity contribution is -0.123. The average Bonchev–Trinajstić information content (AvgIpc) is 2.44. The van der Waals surface area contributed by atoms with Crippen LogP contribution in [-0.4, -0.2) is 30.0 Å². The van der Waals surface area contributed by atoms with Gasteiger partial charge in [-0.15, -0.1) is 0 Å². The maximum atomic E-state index is 11.7. The molecular weight excluding hydrogens is 268 g/mol. The van der Waals surface area contributed by atoms with Crippen LogP contribution in [0.1, 0.15) is 38.3 Å². The Hall–Kier alpha value is -2.04. The normalized spacial score (nSPS) is 11.6. The van der Waals surface area contributed by atoms with Crippen molar-refractivity contribution in [3.05, 3.63) is 29.3 Å². The second-order valence-corrected chi connectivity index (χ2v) is 5.51. The molecule has 0 aliphatic rings. The van der Waals surface area contributed by atoms with E-state index in [-0.39, 0.29) is 12.5 Å². The van der Waals surface area contributed by atoms with Gasteiger partial charge in [-0.2, -0.15) is 0 Å². The minimum absolute atomic E-state index is 0.0484. The number of benzene rings is 1. The minimum Gasteiger partial charge on any atom is -0.483 e. The molecule has 0 fully saturated rings. The molecule has 0 radical (unpaired) electrons. The van der Waals surface area contributed by atoms with Crippen LogP contribution in [0.2, 0.25) is 0 Å². The zero-order valence-electron chi connectivity index (χ0n) is 13.1. The largest absolute Gasteiger partial charge is 0.483 e. The maximum Gasteiger partial charge on any atom is 0.257 e. The molecule has 0 heterocycles. The van der Waals surface area contributed by atoms with Crippen LogP contribution in [0.5, 0.6) is 5.75 Å². The van der Waals surface area contributed by atoms with E-state index in [1.165, 1.54) is 0 Å². The van der Waals surface area contributed by atoms with Crippen LogP contribution >= 0.6 is 0 Å². The molecule has 0 aromatic heterocycles. The third-order valence-corrected chi connectivity index (χ3v) is 3.08. The highest BCUT2D eigenvalue weighted by atomic mass is 16.5. The number of aryl methyl sites for hydroxylation is 1. The Bertz CT molecular complexity index is 510. The number of ether oxygens (including phenoxy) is 1. The summed E-state index contributed by atoms with van der Waals surface area (Å²) >= 11 is 0. The van der Waals surface area contributed by atoms with Crippen LogP contribution in [0.15, 0.2) is 23.4 Å². The molecular formula is C16H24N2O3. The quantitative estimate of drug-likeness (QED) is 0.461. The molecule has 0 atom stereocenters. The molecule has 0 bridgehead atoms. The highest BCUT2D eigenvalue weighted by Crippen LogP contribution is 2.21. The molecule has 1 rings (SSSR count). The molecule has 2 N–H and O–H groups in total. The summed E-state index contributed by atoms with van der Waals surface area (Å²) in [5.74, 6) is 0.948. The minimum atomic E-state index is -0.151. The van der Waals surface area contributed by atoms with E-state index in [0.717, 1.165) is 12.0 Å². The van der Waals surface area contributed by atoms with E-state index in [0.29, 0.717) is 29.5 Å². The lowest BCUT2D eigenvalue weighted by Gasteiger charge is -2.12. The Morgan fingerprint density at radius 3 is 2.76 bits per heavy atom. The Labute approximate surface area is 126 Å². The summed E-state index contributed by atoms with van der Waals surface area (Å²) in [5.41, 5.74) is 2.14. The van der Waals surface area contributed by atoms with Crippen molar-refractivity contribution in [3.8, 4) is 5.75 Å². The number of nitrogens with one attached hydrogen (secondary N) is 1. The Kier molecular flexibility index (Phi) is 6.72. The molecule has 116 valence electrons. The highest BCUT2D eigenvalue weighted by Gasteiger charge is 2.10. The predicted molar refractivity (Wildman–Crippen MR) is 83.1 cm³/mol. The molecule has 21 heavy (non-hydrogen) atoms. The van der Waals surface area contributed by atoms with Gasteiger partial charge in [0, 0.05) is 12.1 Å². The van der Waals surface area contributed by atoms with E-state index >= 15 is 0 Å². The van der Waals surface area contributed by atoms with Gasteiger partial charge >= 0.3 is 0 Å². The summed E-state index contributed by atoms with van der Waals surface area (Å²) in [6.07, 6.45) is 0.942. The number of amides is 1. The molecule has 1 aromatic rings. The lowest BCUT2D eigenvalue weighted by atomic mass is 10.1. The van der Waals surface area contributed by atoms with E-state index in [4.69, 9.17) is 9.94 Å². The highest BCUT2D eigenvalue weighted by molar-refractivity contribution is 6.00. The van der Waals surface area contributed by atoms with Gasteiger partial charge in [0.15, 0.2) is 6.61 Å². The molecule has 1 amide bonds. The fraction of sp³-hybridized carbons (Fsp3) is 0.500. The Morgan fingerprint density at radius 1 is 1.43 bits per heavy atom. The summed E-state index contributed by atoms with van der Waals surface area (Å²) in [6, 6.07) is 5.54. The van der Waals surface area contributed by atoms with Gasteiger partial charge in [0.25, 0.3) is 5.91 Å². The summed E-state index contributed by atoms with van der Waals surface area (Å²) in [7, 11) is 0. The first kappa shape index (κ1) is 17.0. The van der Waals surface area contributed by atoms with E-state index in [1.807, 2.05) is 25.1 Å². The van der Waals surface area contributed by atoms with Gasteiger partial charge in [-0.3, -0.25) is 4.79 Å². The number of carbonyl (C=O) groups excluding carboxylic acids is 1. The zero-order chi connectivity index (χ0) is 15.8. The van der Waals surface area contributed by atoms with Crippen molar-refractivity contribution in [2.45, 2.75) is 34.1 Å². The van der Waals surface area contributed by atoms with Gasteiger partial charge in [0.2, 0.25) is 0 Å². The second kappa shape index (κ2) is 8.29. The average molecular weight is 292 g/mol. The molecule has 5 heteroatoms. The Morgan fingerprint density at radius 2 is 2.14 bits per heavy atom. The van der Waals surface area contributed by atoms with Gasteiger partial charge in [0.1, 0.15) is 5.75 Å². The van der Waals surface area contributed by atoms with Crippen molar-refractivity contribution in [2.75, 3.05) is 13.2 Å². The number of oxime groups is 1. The number of carbonyl (C=O) groups is 1. The van der Waals surface area contributed by atoms with Crippen molar-refractivity contribution in [3.63, 3.8) is 0 Å². The van der Waals surface area contributed by atoms with E-state index < -0.39 is 0 Å². The molecule has 1 aromatic carbocycles. The summed E-state index contributed by atoms with van der Waals surface area (Å²) in [4.78, 5) is 11.7. The maximum absolute atomic E-state index is 11.7. The Balaban J connectivity index is 2.62. The molecule has 0 saturated carbocycles. The molecule has 0 spiro atoms. The predicted octanol–water partition coefficient (Wildman–Crippen LogP) is 2.73. The van der Waals surface area contributed by atoms with Crippen molar-refractivity contribution >= 4 is 11.6 Å². The van der Waals surface area contributed by atoms with Crippen LogP contribution in [-0.2, 0) is 4.79 Å². The van der Waals surface area contributed by atoms with Crippen LogP contribution in [0.3, 0.4) is 0 Å². The second-order valence-electron chi connectivity index (χ2n) is 5.51.